The van der Waals surface area contributed by atoms with Crippen LogP contribution in [0.4, 0.5) is 13.2 Å². The Morgan fingerprint density at radius 1 is 0.955 bits per heavy atom. The quantitative estimate of drug-likeness (QED) is 0.103. The molecule has 1 fully saturated rings. The van der Waals surface area contributed by atoms with Gasteiger partial charge in [-0.15, -0.1) is 0 Å². The fourth-order valence-corrected chi connectivity index (χ4v) is 5.65. The molecule has 3 aromatic carbocycles. The summed E-state index contributed by atoms with van der Waals surface area (Å²) in [4.78, 5) is 23.2. The number of aromatic nitrogens is 1. The Kier molecular flexibility index (Phi) is 9.00. The van der Waals surface area contributed by atoms with E-state index in [1.807, 2.05) is 37.3 Å². The van der Waals surface area contributed by atoms with Gasteiger partial charge in [0.1, 0.15) is 5.75 Å². The average Bonchev–Trinajstić information content (AvgIpc) is 3.68. The molecule has 0 saturated heterocycles. The van der Waals surface area contributed by atoms with Gasteiger partial charge >= 0.3 is 11.9 Å². The molecule has 0 radical (unpaired) electrons. The minimum Gasteiger partial charge on any atom is -0.494 e. The van der Waals surface area contributed by atoms with Gasteiger partial charge in [0.2, 0.25) is 0 Å². The Morgan fingerprint density at radius 3 is 2.30 bits per heavy atom. The van der Waals surface area contributed by atoms with Crippen LogP contribution in [0.1, 0.15) is 60.1 Å². The number of aliphatic carboxylic acids is 2. The summed E-state index contributed by atoms with van der Waals surface area (Å²) < 4.78 is 47.7. The van der Waals surface area contributed by atoms with Crippen molar-refractivity contribution in [2.45, 2.75) is 58.4 Å². The molecule has 1 aliphatic carbocycles. The molecule has 0 atom stereocenters. The summed E-state index contributed by atoms with van der Waals surface area (Å²) in [5.41, 5.74) is 3.87. The maximum Gasteiger partial charge on any atom is 0.307 e. The van der Waals surface area contributed by atoms with E-state index in [1.165, 1.54) is 0 Å². The summed E-state index contributed by atoms with van der Waals surface area (Å²) in [5.74, 6) is 1.38. The lowest BCUT2D eigenvalue weighted by Gasteiger charge is -2.16. The SMILES string of the molecule is Cc1c(CC(=O)O)c2c(C#Cc3ccc(OCCCCc4cc(F)c(F)c(F)c4)cc3)cccc2n1CC1(CC(=O)O)CC1. The number of hydrogen-bond acceptors (Lipinski definition) is 3. The Hall–Kier alpha value is -4.71. The third kappa shape index (κ3) is 7.08. The molecule has 1 aliphatic rings. The molecule has 0 unspecified atom stereocenters. The second-order valence-electron chi connectivity index (χ2n) is 11.4. The van der Waals surface area contributed by atoms with Gasteiger partial charge in [-0.25, -0.2) is 13.2 Å². The number of hydrogen-bond donors (Lipinski definition) is 2. The molecule has 44 heavy (non-hydrogen) atoms. The minimum absolute atomic E-state index is 0.0814. The normalized spacial score (nSPS) is 13.4. The molecular weight excluding hydrogens is 571 g/mol. The third-order valence-electron chi connectivity index (χ3n) is 8.15. The molecule has 0 aliphatic heterocycles. The van der Waals surface area contributed by atoms with Gasteiger partial charge in [0.15, 0.2) is 17.5 Å². The van der Waals surface area contributed by atoms with Crippen molar-refractivity contribution in [3.05, 3.63) is 100.0 Å². The van der Waals surface area contributed by atoms with Gasteiger partial charge in [0.25, 0.3) is 0 Å². The Bertz CT molecular complexity index is 1760. The Morgan fingerprint density at radius 2 is 1.66 bits per heavy atom. The van der Waals surface area contributed by atoms with Crippen LogP contribution >= 0.6 is 0 Å². The summed E-state index contributed by atoms with van der Waals surface area (Å²) in [7, 11) is 0. The van der Waals surface area contributed by atoms with Gasteiger partial charge in [-0.3, -0.25) is 9.59 Å². The first-order chi connectivity index (χ1) is 21.0. The monoisotopic (exact) mass is 603 g/mol. The zero-order valence-electron chi connectivity index (χ0n) is 24.3. The standard InChI is InChI=1S/C35H32F3NO5/c1-22-27(19-31(40)41)33-25(6-4-7-30(33)39(22)21-35(14-15-35)20-32(42)43)11-8-23-9-12-26(13-10-23)44-16-3-2-5-24-17-28(36)34(38)29(37)18-24/h4,6-7,9-10,12-13,17-18H,2-3,5,14-16,19-21H2,1H3,(H,40,41)(H,42,43). The van der Waals surface area contributed by atoms with Gasteiger partial charge in [-0.2, -0.15) is 0 Å². The second-order valence-corrected chi connectivity index (χ2v) is 11.4. The molecule has 4 aromatic rings. The zero-order valence-corrected chi connectivity index (χ0v) is 24.3. The number of rotatable bonds is 12. The first kappa shape index (κ1) is 30.7. The number of unbranched alkanes of at least 4 members (excludes halogenated alkanes) is 1. The van der Waals surface area contributed by atoms with Crippen LogP contribution in [0.2, 0.25) is 0 Å². The van der Waals surface area contributed by atoms with Crippen molar-refractivity contribution >= 4 is 22.8 Å². The maximum absolute atomic E-state index is 13.4. The molecule has 1 aromatic heterocycles. The van der Waals surface area contributed by atoms with Crippen molar-refractivity contribution in [2.24, 2.45) is 5.41 Å². The lowest BCUT2D eigenvalue weighted by Crippen LogP contribution is -2.17. The summed E-state index contributed by atoms with van der Waals surface area (Å²) in [6.45, 7) is 2.80. The Labute approximate surface area is 253 Å². The van der Waals surface area contributed by atoms with Gasteiger partial charge < -0.3 is 19.5 Å². The highest BCUT2D eigenvalue weighted by molar-refractivity contribution is 5.93. The molecule has 2 N–H and O–H groups in total. The molecule has 9 heteroatoms. The van der Waals surface area contributed by atoms with Crippen molar-refractivity contribution in [3.63, 3.8) is 0 Å². The van der Waals surface area contributed by atoms with Crippen molar-refractivity contribution in [2.75, 3.05) is 6.61 Å². The molecule has 6 nitrogen and oxygen atoms in total. The molecule has 228 valence electrons. The van der Waals surface area contributed by atoms with Crippen LogP contribution in [0.3, 0.4) is 0 Å². The number of aryl methyl sites for hydroxylation is 1. The lowest BCUT2D eigenvalue weighted by molar-refractivity contribution is -0.138. The van der Waals surface area contributed by atoms with Crippen LogP contribution in [0, 0.1) is 41.6 Å². The van der Waals surface area contributed by atoms with Crippen molar-refractivity contribution in [1.82, 2.24) is 4.57 Å². The number of ether oxygens (including phenoxy) is 1. The van der Waals surface area contributed by atoms with Crippen molar-refractivity contribution < 1.29 is 37.7 Å². The van der Waals surface area contributed by atoms with E-state index in [0.29, 0.717) is 54.9 Å². The van der Waals surface area contributed by atoms with E-state index in [9.17, 15) is 33.0 Å². The van der Waals surface area contributed by atoms with Crippen molar-refractivity contribution in [3.8, 4) is 17.6 Å². The number of nitrogens with zero attached hydrogens (tertiary/aromatic N) is 1. The second kappa shape index (κ2) is 12.9. The highest BCUT2D eigenvalue weighted by Crippen LogP contribution is 2.51. The van der Waals surface area contributed by atoms with Crippen LogP contribution in [0.5, 0.6) is 5.75 Å². The highest BCUT2D eigenvalue weighted by Gasteiger charge is 2.45. The fourth-order valence-electron chi connectivity index (χ4n) is 5.65. The number of benzene rings is 3. The van der Waals surface area contributed by atoms with Crippen LogP contribution in [-0.2, 0) is 29.0 Å². The van der Waals surface area contributed by atoms with E-state index < -0.39 is 29.4 Å². The van der Waals surface area contributed by atoms with Crippen LogP contribution < -0.4 is 4.74 Å². The third-order valence-corrected chi connectivity index (χ3v) is 8.15. The van der Waals surface area contributed by atoms with Crippen LogP contribution in [0.25, 0.3) is 10.9 Å². The fraction of sp³-hybridized carbons (Fsp3) is 0.314. The summed E-state index contributed by atoms with van der Waals surface area (Å²) in [6, 6.07) is 14.9. The lowest BCUT2D eigenvalue weighted by atomic mass is 10.0. The Balaban J connectivity index is 1.27. The molecule has 0 amide bonds. The molecule has 5 rings (SSSR count). The zero-order chi connectivity index (χ0) is 31.4. The topological polar surface area (TPSA) is 88.8 Å². The first-order valence-electron chi connectivity index (χ1n) is 14.5. The molecule has 0 spiro atoms. The first-order valence-corrected chi connectivity index (χ1v) is 14.5. The summed E-state index contributed by atoms with van der Waals surface area (Å²) in [6.07, 6.45) is 3.22. The molecule has 1 heterocycles. The van der Waals surface area contributed by atoms with E-state index >= 15 is 0 Å². The summed E-state index contributed by atoms with van der Waals surface area (Å²) >= 11 is 0. The number of halogens is 3. The van der Waals surface area contributed by atoms with Gasteiger partial charge in [0.05, 0.1) is 19.4 Å². The average molecular weight is 604 g/mol. The van der Waals surface area contributed by atoms with E-state index in [-0.39, 0.29) is 18.3 Å². The predicted molar refractivity (Wildman–Crippen MR) is 159 cm³/mol. The van der Waals surface area contributed by atoms with Gasteiger partial charge in [0, 0.05) is 34.3 Å². The molecular formula is C35H32F3NO5. The highest BCUT2D eigenvalue weighted by atomic mass is 19.2. The maximum atomic E-state index is 13.4. The van der Waals surface area contributed by atoms with Crippen LogP contribution in [0.15, 0.2) is 54.6 Å². The van der Waals surface area contributed by atoms with Gasteiger partial charge in [-0.1, -0.05) is 17.9 Å². The van der Waals surface area contributed by atoms with E-state index in [4.69, 9.17) is 4.74 Å². The van der Waals surface area contributed by atoms with E-state index in [2.05, 4.69) is 16.4 Å². The number of carboxylic acids is 2. The number of fused-ring (bicyclic) bond motifs is 1. The van der Waals surface area contributed by atoms with Crippen molar-refractivity contribution in [1.29, 1.82) is 0 Å². The van der Waals surface area contributed by atoms with E-state index in [1.54, 1.807) is 12.1 Å². The van der Waals surface area contributed by atoms with E-state index in [0.717, 1.165) is 47.1 Å². The molecule has 1 saturated carbocycles. The smallest absolute Gasteiger partial charge is 0.307 e. The minimum atomic E-state index is -1.46. The predicted octanol–water partition coefficient (Wildman–Crippen LogP) is 7.05. The largest absolute Gasteiger partial charge is 0.494 e. The number of carbonyl (C=O) groups is 2. The number of carboxylic acid groups (broad SMARTS) is 2. The van der Waals surface area contributed by atoms with Crippen LogP contribution in [-0.4, -0.2) is 33.3 Å². The summed E-state index contributed by atoms with van der Waals surface area (Å²) in [5, 5.41) is 19.8. The van der Waals surface area contributed by atoms with Gasteiger partial charge in [-0.05, 0) is 104 Å². The molecule has 0 bridgehead atoms.